The minimum Gasteiger partial charge on any atom is -0.459 e. The summed E-state index contributed by atoms with van der Waals surface area (Å²) in [6.45, 7) is 0. The van der Waals surface area contributed by atoms with Crippen LogP contribution in [0.2, 0.25) is 0 Å². The maximum atomic E-state index is 12.4. The fourth-order valence-corrected chi connectivity index (χ4v) is 2.35. The topological polar surface area (TPSA) is 100 Å². The summed E-state index contributed by atoms with van der Waals surface area (Å²) in [5.41, 5.74) is 5.96. The Kier molecular flexibility index (Phi) is 5.99. The number of hydrazine groups is 1. The van der Waals surface area contributed by atoms with Crippen molar-refractivity contribution in [3.63, 3.8) is 0 Å². The van der Waals surface area contributed by atoms with Crippen molar-refractivity contribution in [3.05, 3.63) is 96.0 Å². The summed E-state index contributed by atoms with van der Waals surface area (Å²) in [6.07, 6.45) is 4.31. The summed E-state index contributed by atoms with van der Waals surface area (Å²) >= 11 is 0. The maximum absolute atomic E-state index is 12.4. The molecular formula is C21H17N3O4. The molecule has 0 aliphatic carbocycles. The highest BCUT2D eigenvalue weighted by atomic mass is 16.3. The highest BCUT2D eigenvalue weighted by molar-refractivity contribution is 6.08. The number of para-hydroxylation sites is 1. The van der Waals surface area contributed by atoms with Crippen molar-refractivity contribution in [1.29, 1.82) is 0 Å². The van der Waals surface area contributed by atoms with Crippen LogP contribution in [0.3, 0.4) is 0 Å². The Morgan fingerprint density at radius 1 is 0.786 bits per heavy atom. The minimum absolute atomic E-state index is 0.120. The van der Waals surface area contributed by atoms with Crippen LogP contribution in [-0.4, -0.2) is 17.7 Å². The van der Waals surface area contributed by atoms with E-state index in [9.17, 15) is 14.4 Å². The van der Waals surface area contributed by atoms with Crippen molar-refractivity contribution in [1.82, 2.24) is 10.9 Å². The standard InChI is InChI=1S/C21H17N3O4/c25-19(13-12-15-7-2-1-3-8-15)23-24-20(26)16-9-4-5-10-17(16)22-21(27)18-11-6-14-28-18/h1-14H,(H,22,27)(H,23,25)(H,24,26)/b13-12+. The lowest BCUT2D eigenvalue weighted by Gasteiger charge is -2.10. The number of furan rings is 1. The third kappa shape index (κ3) is 4.95. The minimum atomic E-state index is -0.572. The maximum Gasteiger partial charge on any atom is 0.291 e. The molecule has 0 atom stereocenters. The van der Waals surface area contributed by atoms with Crippen LogP contribution in [0.15, 0.2) is 83.5 Å². The summed E-state index contributed by atoms with van der Waals surface area (Å²) in [7, 11) is 0. The first kappa shape index (κ1) is 18.7. The fourth-order valence-electron chi connectivity index (χ4n) is 2.35. The van der Waals surface area contributed by atoms with Gasteiger partial charge in [0.1, 0.15) is 0 Å². The van der Waals surface area contributed by atoms with Crippen molar-refractivity contribution in [3.8, 4) is 0 Å². The Morgan fingerprint density at radius 3 is 2.29 bits per heavy atom. The lowest BCUT2D eigenvalue weighted by molar-refractivity contribution is -0.117. The number of hydrogen-bond acceptors (Lipinski definition) is 4. The van der Waals surface area contributed by atoms with E-state index in [0.29, 0.717) is 0 Å². The second kappa shape index (κ2) is 9.00. The fraction of sp³-hybridized carbons (Fsp3) is 0. The molecule has 140 valence electrons. The zero-order chi connectivity index (χ0) is 19.8. The van der Waals surface area contributed by atoms with Crippen molar-refractivity contribution >= 4 is 29.5 Å². The first-order valence-electron chi connectivity index (χ1n) is 8.41. The lowest BCUT2D eigenvalue weighted by Crippen LogP contribution is -2.41. The van der Waals surface area contributed by atoms with Crippen molar-refractivity contribution in [2.75, 3.05) is 5.32 Å². The smallest absolute Gasteiger partial charge is 0.291 e. The van der Waals surface area contributed by atoms with Crippen LogP contribution in [-0.2, 0) is 4.79 Å². The van der Waals surface area contributed by atoms with Gasteiger partial charge < -0.3 is 9.73 Å². The highest BCUT2D eigenvalue weighted by Crippen LogP contribution is 2.16. The van der Waals surface area contributed by atoms with E-state index >= 15 is 0 Å². The van der Waals surface area contributed by atoms with Crippen LogP contribution in [0.4, 0.5) is 5.69 Å². The molecule has 0 bridgehead atoms. The Morgan fingerprint density at radius 2 is 1.54 bits per heavy atom. The number of benzene rings is 2. The van der Waals surface area contributed by atoms with E-state index in [2.05, 4.69) is 16.2 Å². The SMILES string of the molecule is O=C(/C=C/c1ccccc1)NNC(=O)c1ccccc1NC(=O)c1ccco1. The summed E-state index contributed by atoms with van der Waals surface area (Å²) in [4.78, 5) is 36.4. The molecule has 0 saturated carbocycles. The predicted octanol–water partition coefficient (Wildman–Crippen LogP) is 3.01. The van der Waals surface area contributed by atoms with Gasteiger partial charge in [0.25, 0.3) is 17.7 Å². The molecule has 3 amide bonds. The predicted molar refractivity (Wildman–Crippen MR) is 104 cm³/mol. The van der Waals surface area contributed by atoms with Crippen LogP contribution in [0.1, 0.15) is 26.5 Å². The van der Waals surface area contributed by atoms with Gasteiger partial charge in [0.15, 0.2) is 5.76 Å². The second-order valence-corrected chi connectivity index (χ2v) is 5.66. The number of nitrogens with one attached hydrogen (secondary N) is 3. The number of carbonyl (C=O) groups is 3. The first-order chi connectivity index (χ1) is 13.6. The number of amides is 3. The normalized spacial score (nSPS) is 10.4. The van der Waals surface area contributed by atoms with Crippen molar-refractivity contribution < 1.29 is 18.8 Å². The molecule has 0 fully saturated rings. The third-order valence-corrected chi connectivity index (χ3v) is 3.69. The van der Waals surface area contributed by atoms with Crippen molar-refractivity contribution in [2.24, 2.45) is 0 Å². The van der Waals surface area contributed by atoms with E-state index < -0.39 is 17.7 Å². The van der Waals surface area contributed by atoms with Gasteiger partial charge in [-0.15, -0.1) is 0 Å². The van der Waals surface area contributed by atoms with E-state index in [-0.39, 0.29) is 17.0 Å². The van der Waals surface area contributed by atoms with E-state index in [1.807, 2.05) is 30.3 Å². The molecule has 0 radical (unpaired) electrons. The van der Waals surface area contributed by atoms with Crippen LogP contribution in [0.25, 0.3) is 6.08 Å². The largest absolute Gasteiger partial charge is 0.459 e. The van der Waals surface area contributed by atoms with Crippen molar-refractivity contribution in [2.45, 2.75) is 0 Å². The van der Waals surface area contributed by atoms with E-state index in [4.69, 9.17) is 4.42 Å². The first-order valence-corrected chi connectivity index (χ1v) is 8.41. The number of hydrogen-bond donors (Lipinski definition) is 3. The molecule has 1 heterocycles. The van der Waals surface area contributed by atoms with Gasteiger partial charge in [-0.05, 0) is 35.9 Å². The van der Waals surface area contributed by atoms with Gasteiger partial charge in [-0.1, -0.05) is 42.5 Å². The Balaban J connectivity index is 1.60. The molecule has 7 nitrogen and oxygen atoms in total. The number of rotatable bonds is 5. The molecule has 3 rings (SSSR count). The van der Waals surface area contributed by atoms with E-state index in [0.717, 1.165) is 5.56 Å². The Labute approximate surface area is 161 Å². The van der Waals surface area contributed by atoms with Gasteiger partial charge in [-0.3, -0.25) is 25.2 Å². The van der Waals surface area contributed by atoms with E-state index in [1.54, 1.807) is 30.3 Å². The zero-order valence-corrected chi connectivity index (χ0v) is 14.7. The summed E-state index contributed by atoms with van der Waals surface area (Å²) in [5.74, 6) is -1.43. The second-order valence-electron chi connectivity index (χ2n) is 5.66. The van der Waals surface area contributed by atoms with E-state index in [1.165, 1.54) is 24.5 Å². The third-order valence-electron chi connectivity index (χ3n) is 3.69. The van der Waals surface area contributed by atoms with Gasteiger partial charge in [0.05, 0.1) is 17.5 Å². The lowest BCUT2D eigenvalue weighted by atomic mass is 10.1. The molecule has 2 aromatic carbocycles. The molecule has 7 heteroatoms. The molecule has 0 aliphatic rings. The number of carbonyl (C=O) groups excluding carboxylic acids is 3. The van der Waals surface area contributed by atoms with Gasteiger partial charge in [0.2, 0.25) is 0 Å². The molecule has 3 N–H and O–H groups in total. The highest BCUT2D eigenvalue weighted by Gasteiger charge is 2.15. The molecule has 0 unspecified atom stereocenters. The van der Waals surface area contributed by atoms with Gasteiger partial charge in [-0.2, -0.15) is 0 Å². The quantitative estimate of drug-likeness (QED) is 0.471. The molecule has 0 aliphatic heterocycles. The molecule has 0 spiro atoms. The Hall–Kier alpha value is -4.13. The van der Waals surface area contributed by atoms with Crippen LogP contribution < -0.4 is 16.2 Å². The molecule has 0 saturated heterocycles. The molecular weight excluding hydrogens is 358 g/mol. The molecule has 3 aromatic rings. The van der Waals surface area contributed by atoms with Gasteiger partial charge >= 0.3 is 0 Å². The van der Waals surface area contributed by atoms with Crippen LogP contribution in [0.5, 0.6) is 0 Å². The average molecular weight is 375 g/mol. The zero-order valence-electron chi connectivity index (χ0n) is 14.7. The summed E-state index contributed by atoms with van der Waals surface area (Å²) in [5, 5.41) is 2.61. The van der Waals surface area contributed by atoms with Crippen LogP contribution in [0, 0.1) is 0 Å². The van der Waals surface area contributed by atoms with Gasteiger partial charge in [0, 0.05) is 6.08 Å². The molecule has 28 heavy (non-hydrogen) atoms. The molecule has 1 aromatic heterocycles. The average Bonchev–Trinajstić information content (AvgIpc) is 3.27. The van der Waals surface area contributed by atoms with Crippen LogP contribution >= 0.6 is 0 Å². The monoisotopic (exact) mass is 375 g/mol. The summed E-state index contributed by atoms with van der Waals surface area (Å²) in [6, 6.07) is 18.8. The van der Waals surface area contributed by atoms with Gasteiger partial charge in [-0.25, -0.2) is 0 Å². The Bertz CT molecular complexity index is 996. The summed E-state index contributed by atoms with van der Waals surface area (Å²) < 4.78 is 5.03. The number of anilines is 1.